The fourth-order valence-corrected chi connectivity index (χ4v) is 3.35. The number of halogens is 3. The van der Waals surface area contributed by atoms with Crippen molar-refractivity contribution in [2.24, 2.45) is 0 Å². The topological polar surface area (TPSA) is 75.5 Å². The number of pyridine rings is 1. The number of benzene rings is 1. The lowest BCUT2D eigenvalue weighted by Gasteiger charge is -2.12. The minimum Gasteiger partial charge on any atom is -0.493 e. The van der Waals surface area contributed by atoms with Crippen molar-refractivity contribution < 1.29 is 32.2 Å². The van der Waals surface area contributed by atoms with Gasteiger partial charge in [-0.05, 0) is 49.1 Å². The molecule has 2 heterocycles. The smallest absolute Gasteiger partial charge is 0.417 e. The number of carbonyl (C=O) groups excluding carboxylic acids is 1. The van der Waals surface area contributed by atoms with Gasteiger partial charge in [-0.15, -0.1) is 0 Å². The van der Waals surface area contributed by atoms with Crippen molar-refractivity contribution in [1.82, 2.24) is 14.8 Å². The van der Waals surface area contributed by atoms with E-state index in [0.717, 1.165) is 36.4 Å². The van der Waals surface area contributed by atoms with Crippen molar-refractivity contribution in [3.05, 3.63) is 59.5 Å². The molecule has 0 aliphatic heterocycles. The Morgan fingerprint density at radius 2 is 1.91 bits per heavy atom. The summed E-state index contributed by atoms with van der Waals surface area (Å²) in [7, 11) is 1.52. The number of hydrogen-bond donors (Lipinski definition) is 0. The van der Waals surface area contributed by atoms with Crippen molar-refractivity contribution in [3.8, 4) is 23.1 Å². The van der Waals surface area contributed by atoms with Crippen LogP contribution in [0.5, 0.6) is 17.2 Å². The fraction of sp³-hybridized carbons (Fsp3) is 0.375. The second kappa shape index (κ2) is 11.0. The molecule has 0 fully saturated rings. The van der Waals surface area contributed by atoms with Crippen molar-refractivity contribution >= 4 is 5.97 Å². The summed E-state index contributed by atoms with van der Waals surface area (Å²) in [4.78, 5) is 15.1. The summed E-state index contributed by atoms with van der Waals surface area (Å²) in [6.45, 7) is 3.72. The Bertz CT molecular complexity index is 1110. The second-order valence-electron chi connectivity index (χ2n) is 7.56. The number of aryl methyl sites for hydroxylation is 2. The maximum Gasteiger partial charge on any atom is 0.417 e. The molecule has 0 aliphatic rings. The van der Waals surface area contributed by atoms with Gasteiger partial charge in [0, 0.05) is 25.4 Å². The highest BCUT2D eigenvalue weighted by atomic mass is 19.4. The summed E-state index contributed by atoms with van der Waals surface area (Å²) in [5.41, 5.74) is 1.05. The SMILES string of the molecule is CCCc1nn(-c2ccc(C(F)(F)F)cn2)cc1CCCOc1cc(OC(C)=O)ccc1OC. The summed E-state index contributed by atoms with van der Waals surface area (Å²) in [6, 6.07) is 7.17. The molecule has 0 aliphatic carbocycles. The van der Waals surface area contributed by atoms with Gasteiger partial charge >= 0.3 is 12.1 Å². The third-order valence-electron chi connectivity index (χ3n) is 4.92. The van der Waals surface area contributed by atoms with Gasteiger partial charge in [0.15, 0.2) is 17.3 Å². The van der Waals surface area contributed by atoms with Crippen LogP contribution >= 0.6 is 0 Å². The molecule has 10 heteroatoms. The van der Waals surface area contributed by atoms with E-state index in [4.69, 9.17) is 14.2 Å². The van der Waals surface area contributed by atoms with E-state index >= 15 is 0 Å². The molecule has 7 nitrogen and oxygen atoms in total. The first kappa shape index (κ1) is 25.1. The van der Waals surface area contributed by atoms with Crippen LogP contribution in [0.1, 0.15) is 43.5 Å². The van der Waals surface area contributed by atoms with Crippen LogP contribution in [0.2, 0.25) is 0 Å². The lowest BCUT2D eigenvalue weighted by molar-refractivity contribution is -0.138. The van der Waals surface area contributed by atoms with Gasteiger partial charge in [0.05, 0.1) is 25.0 Å². The number of alkyl halides is 3. The van der Waals surface area contributed by atoms with Gasteiger partial charge < -0.3 is 14.2 Å². The van der Waals surface area contributed by atoms with Crippen LogP contribution in [0.25, 0.3) is 5.82 Å². The summed E-state index contributed by atoms with van der Waals surface area (Å²) in [5.74, 6) is 1.22. The zero-order chi connectivity index (χ0) is 24.7. The molecule has 0 atom stereocenters. The number of nitrogens with zero attached hydrogens (tertiary/aromatic N) is 3. The third-order valence-corrected chi connectivity index (χ3v) is 4.92. The molecule has 3 aromatic rings. The molecule has 3 rings (SSSR count). The second-order valence-corrected chi connectivity index (χ2v) is 7.56. The van der Waals surface area contributed by atoms with Crippen LogP contribution in [0.15, 0.2) is 42.7 Å². The van der Waals surface area contributed by atoms with E-state index in [1.165, 1.54) is 24.8 Å². The molecule has 0 saturated carbocycles. The van der Waals surface area contributed by atoms with Crippen molar-refractivity contribution in [2.45, 2.75) is 45.7 Å². The quantitative estimate of drug-likeness (QED) is 0.227. The molecule has 0 unspecified atom stereocenters. The monoisotopic (exact) mass is 477 g/mol. The Balaban J connectivity index is 1.67. The van der Waals surface area contributed by atoms with E-state index in [1.807, 2.05) is 6.92 Å². The zero-order valence-electron chi connectivity index (χ0n) is 19.2. The number of esters is 1. The Labute approximate surface area is 195 Å². The number of methoxy groups -OCH3 is 1. The predicted molar refractivity (Wildman–Crippen MR) is 118 cm³/mol. The lowest BCUT2D eigenvalue weighted by atomic mass is 10.1. The first-order valence-electron chi connectivity index (χ1n) is 10.8. The summed E-state index contributed by atoms with van der Waals surface area (Å²) in [6.07, 6.45) is 1.09. The van der Waals surface area contributed by atoms with E-state index < -0.39 is 17.7 Å². The molecule has 2 aromatic heterocycles. The molecule has 182 valence electrons. The van der Waals surface area contributed by atoms with Crippen molar-refractivity contribution in [3.63, 3.8) is 0 Å². The number of carbonyl (C=O) groups is 1. The van der Waals surface area contributed by atoms with Gasteiger partial charge in [0.25, 0.3) is 0 Å². The van der Waals surface area contributed by atoms with Crippen LogP contribution < -0.4 is 14.2 Å². The molecule has 0 bridgehead atoms. The molecule has 0 spiro atoms. The predicted octanol–water partition coefficient (Wildman–Crippen LogP) is 5.18. The average molecular weight is 477 g/mol. The first-order chi connectivity index (χ1) is 16.2. The Hall–Kier alpha value is -3.56. The first-order valence-corrected chi connectivity index (χ1v) is 10.8. The Morgan fingerprint density at radius 1 is 1.12 bits per heavy atom. The highest BCUT2D eigenvalue weighted by molar-refractivity contribution is 5.69. The summed E-state index contributed by atoms with van der Waals surface area (Å²) >= 11 is 0. The molecular formula is C24H26F3N3O4. The number of aromatic nitrogens is 3. The van der Waals surface area contributed by atoms with Gasteiger partial charge in [-0.3, -0.25) is 4.79 Å². The number of rotatable bonds is 10. The number of hydrogen-bond acceptors (Lipinski definition) is 6. The molecule has 0 radical (unpaired) electrons. The molecule has 0 amide bonds. The molecular weight excluding hydrogens is 451 g/mol. The number of ether oxygens (including phenoxy) is 3. The van der Waals surface area contributed by atoms with E-state index in [9.17, 15) is 18.0 Å². The van der Waals surface area contributed by atoms with Gasteiger partial charge in [-0.25, -0.2) is 9.67 Å². The summed E-state index contributed by atoms with van der Waals surface area (Å²) < 4.78 is 56.2. The van der Waals surface area contributed by atoms with E-state index in [1.54, 1.807) is 24.4 Å². The van der Waals surface area contributed by atoms with E-state index in [2.05, 4.69) is 10.1 Å². The van der Waals surface area contributed by atoms with Gasteiger partial charge in [-0.2, -0.15) is 18.3 Å². The van der Waals surface area contributed by atoms with Crippen molar-refractivity contribution in [1.29, 1.82) is 0 Å². The largest absolute Gasteiger partial charge is 0.493 e. The van der Waals surface area contributed by atoms with Crippen LogP contribution in [-0.2, 0) is 23.8 Å². The Kier molecular flexibility index (Phi) is 8.14. The van der Waals surface area contributed by atoms with Crippen LogP contribution in [-0.4, -0.2) is 34.5 Å². The average Bonchev–Trinajstić information content (AvgIpc) is 3.19. The molecule has 0 saturated heterocycles. The zero-order valence-corrected chi connectivity index (χ0v) is 19.2. The Morgan fingerprint density at radius 3 is 2.53 bits per heavy atom. The fourth-order valence-electron chi connectivity index (χ4n) is 3.35. The maximum absolute atomic E-state index is 12.8. The maximum atomic E-state index is 12.8. The standard InChI is InChI=1S/C24H26F3N3O4/c1-4-6-20-17(15-30(29-20)23-11-8-18(14-28-23)24(25,26)27)7-5-12-33-22-13-19(34-16(2)31)9-10-21(22)32-3/h8-11,13-15H,4-7,12H2,1-3H3. The van der Waals surface area contributed by atoms with Gasteiger partial charge in [0.2, 0.25) is 0 Å². The molecule has 0 N–H and O–H groups in total. The highest BCUT2D eigenvalue weighted by Crippen LogP contribution is 2.32. The van der Waals surface area contributed by atoms with Crippen LogP contribution in [0, 0.1) is 0 Å². The molecule has 34 heavy (non-hydrogen) atoms. The molecule has 1 aromatic carbocycles. The van der Waals surface area contributed by atoms with E-state index in [0.29, 0.717) is 42.5 Å². The minimum absolute atomic E-state index is 0.319. The van der Waals surface area contributed by atoms with E-state index in [-0.39, 0.29) is 0 Å². The normalized spacial score (nSPS) is 11.4. The highest BCUT2D eigenvalue weighted by Gasteiger charge is 2.30. The van der Waals surface area contributed by atoms with Crippen LogP contribution in [0.3, 0.4) is 0 Å². The van der Waals surface area contributed by atoms with Crippen molar-refractivity contribution in [2.75, 3.05) is 13.7 Å². The van der Waals surface area contributed by atoms with Gasteiger partial charge in [-0.1, -0.05) is 13.3 Å². The van der Waals surface area contributed by atoms with Gasteiger partial charge in [0.1, 0.15) is 5.75 Å². The lowest BCUT2D eigenvalue weighted by Crippen LogP contribution is -2.07. The minimum atomic E-state index is -4.44. The third kappa shape index (κ3) is 6.49. The summed E-state index contributed by atoms with van der Waals surface area (Å²) in [5, 5.41) is 4.53. The van der Waals surface area contributed by atoms with Crippen LogP contribution in [0.4, 0.5) is 13.2 Å².